The summed E-state index contributed by atoms with van der Waals surface area (Å²) in [6, 6.07) is -0.109. The number of nitrogens with one attached hydrogen (secondary N) is 2. The van der Waals surface area contributed by atoms with E-state index in [1.807, 2.05) is 13.8 Å². The molecule has 1 aliphatic rings. The van der Waals surface area contributed by atoms with E-state index in [4.69, 9.17) is 4.74 Å². The molecule has 0 amide bonds. The Morgan fingerprint density at radius 1 is 1.22 bits per heavy atom. The summed E-state index contributed by atoms with van der Waals surface area (Å²) in [6.07, 6.45) is 1.23. The summed E-state index contributed by atoms with van der Waals surface area (Å²) in [5.74, 6) is 0.967. The minimum Gasteiger partial charge on any atom is -0.465 e. The third-order valence-electron chi connectivity index (χ3n) is 5.11. The van der Waals surface area contributed by atoms with Crippen molar-refractivity contribution in [2.24, 2.45) is 11.8 Å². The lowest BCUT2D eigenvalue weighted by molar-refractivity contribution is -0.925. The van der Waals surface area contributed by atoms with Gasteiger partial charge in [-0.25, -0.2) is 4.79 Å². The van der Waals surface area contributed by atoms with E-state index >= 15 is 0 Å². The van der Waals surface area contributed by atoms with Crippen LogP contribution >= 0.6 is 0 Å². The van der Waals surface area contributed by atoms with E-state index in [0.29, 0.717) is 34.4 Å². The molecule has 0 radical (unpaired) electrons. The summed E-state index contributed by atoms with van der Waals surface area (Å²) >= 11 is 0. The summed E-state index contributed by atoms with van der Waals surface area (Å²) in [7, 11) is 1.36. The van der Waals surface area contributed by atoms with E-state index in [1.165, 1.54) is 18.4 Å². The van der Waals surface area contributed by atoms with E-state index in [2.05, 4.69) is 18.8 Å². The van der Waals surface area contributed by atoms with Crippen LogP contribution in [0.1, 0.15) is 59.3 Å². The van der Waals surface area contributed by atoms with Gasteiger partial charge in [0, 0.05) is 17.5 Å². The first-order valence-electron chi connectivity index (χ1n) is 8.42. The topological polar surface area (TPSA) is 63.6 Å². The van der Waals surface area contributed by atoms with Crippen molar-refractivity contribution in [1.82, 2.24) is 4.98 Å². The molecule has 2 N–H and O–H groups in total. The highest BCUT2D eigenvalue weighted by Crippen LogP contribution is 2.20. The number of quaternary nitrogens is 1. The number of aromatic amines is 1. The summed E-state index contributed by atoms with van der Waals surface area (Å²) in [5.41, 5.74) is 2.43. The van der Waals surface area contributed by atoms with Crippen LogP contribution in [-0.2, 0) is 4.74 Å². The standard InChI is InChI=1S/C18H28N2O3/c1-10-7-11(2)9-20(8-10)14(5)17(21)16-12(3)15(13(4)19-16)18(22)23-6/h10-11,14,19H,7-9H2,1-6H3/p+1/t10-,11-,14+/m0/s1. The van der Waals surface area contributed by atoms with Crippen LogP contribution in [0.15, 0.2) is 0 Å². The molecule has 128 valence electrons. The van der Waals surface area contributed by atoms with E-state index in [-0.39, 0.29) is 11.8 Å². The normalized spacial score (nSPS) is 25.9. The van der Waals surface area contributed by atoms with Gasteiger partial charge in [0.15, 0.2) is 6.04 Å². The largest absolute Gasteiger partial charge is 0.465 e. The first-order chi connectivity index (χ1) is 10.8. The van der Waals surface area contributed by atoms with Gasteiger partial charge in [-0.15, -0.1) is 0 Å². The number of piperidine rings is 1. The fourth-order valence-electron chi connectivity index (χ4n) is 3.99. The Hall–Kier alpha value is -1.62. The summed E-state index contributed by atoms with van der Waals surface area (Å²) in [4.78, 5) is 29.3. The summed E-state index contributed by atoms with van der Waals surface area (Å²) in [6.45, 7) is 12.2. The highest BCUT2D eigenvalue weighted by molar-refractivity contribution is 6.03. The Morgan fingerprint density at radius 3 is 2.30 bits per heavy atom. The number of methoxy groups -OCH3 is 1. The molecule has 1 aromatic heterocycles. The van der Waals surface area contributed by atoms with Gasteiger partial charge in [0.1, 0.15) is 0 Å². The van der Waals surface area contributed by atoms with Gasteiger partial charge in [0.2, 0.25) is 5.78 Å². The van der Waals surface area contributed by atoms with Crippen molar-refractivity contribution < 1.29 is 19.2 Å². The van der Waals surface area contributed by atoms with Crippen LogP contribution in [0.2, 0.25) is 0 Å². The Labute approximate surface area is 138 Å². The Balaban J connectivity index is 2.25. The lowest BCUT2D eigenvalue weighted by Gasteiger charge is -2.35. The molecule has 0 unspecified atom stereocenters. The van der Waals surface area contributed by atoms with E-state index in [9.17, 15) is 9.59 Å². The van der Waals surface area contributed by atoms with Crippen molar-refractivity contribution in [1.29, 1.82) is 0 Å². The monoisotopic (exact) mass is 321 g/mol. The molecule has 0 aromatic carbocycles. The minimum absolute atomic E-state index is 0.0806. The Morgan fingerprint density at radius 2 is 1.78 bits per heavy atom. The lowest BCUT2D eigenvalue weighted by atomic mass is 9.90. The van der Waals surface area contributed by atoms with Crippen molar-refractivity contribution in [3.05, 3.63) is 22.5 Å². The minimum atomic E-state index is -0.393. The van der Waals surface area contributed by atoms with Gasteiger partial charge in [-0.05, 0) is 32.8 Å². The second kappa shape index (κ2) is 6.87. The summed E-state index contributed by atoms with van der Waals surface area (Å²) in [5, 5.41) is 0. The van der Waals surface area contributed by atoms with Gasteiger partial charge in [-0.3, -0.25) is 4.79 Å². The van der Waals surface area contributed by atoms with Crippen LogP contribution in [0.3, 0.4) is 0 Å². The number of hydrogen-bond donors (Lipinski definition) is 2. The van der Waals surface area contributed by atoms with Crippen LogP contribution in [-0.4, -0.2) is 43.0 Å². The molecular formula is C18H29N2O3+. The van der Waals surface area contributed by atoms with Gasteiger partial charge in [0.25, 0.3) is 0 Å². The first kappa shape index (κ1) is 17.7. The van der Waals surface area contributed by atoms with Gasteiger partial charge >= 0.3 is 5.97 Å². The number of H-pyrrole nitrogens is 1. The smallest absolute Gasteiger partial charge is 0.339 e. The number of carbonyl (C=O) groups is 2. The Bertz CT molecular complexity index is 596. The summed E-state index contributed by atoms with van der Waals surface area (Å²) < 4.78 is 4.82. The third kappa shape index (κ3) is 3.50. The Kier molecular flexibility index (Phi) is 5.30. The van der Waals surface area contributed by atoms with Crippen molar-refractivity contribution in [3.63, 3.8) is 0 Å². The maximum absolute atomic E-state index is 13.0. The molecule has 5 nitrogen and oxygen atoms in total. The van der Waals surface area contributed by atoms with E-state index < -0.39 is 5.97 Å². The molecule has 2 rings (SSSR count). The van der Waals surface area contributed by atoms with Crippen LogP contribution < -0.4 is 4.90 Å². The predicted molar refractivity (Wildman–Crippen MR) is 89.0 cm³/mol. The molecule has 2 heterocycles. The highest BCUT2D eigenvalue weighted by atomic mass is 16.5. The van der Waals surface area contributed by atoms with E-state index in [0.717, 1.165) is 13.1 Å². The highest BCUT2D eigenvalue weighted by Gasteiger charge is 2.35. The fourth-order valence-corrected chi connectivity index (χ4v) is 3.99. The number of hydrogen-bond acceptors (Lipinski definition) is 3. The number of aryl methyl sites for hydroxylation is 1. The van der Waals surface area contributed by atoms with Gasteiger partial charge in [0.05, 0.1) is 31.5 Å². The molecular weight excluding hydrogens is 292 g/mol. The molecule has 1 fully saturated rings. The number of rotatable bonds is 4. The number of ether oxygens (including phenoxy) is 1. The number of carbonyl (C=O) groups excluding carboxylic acids is 2. The molecule has 1 saturated heterocycles. The number of aromatic nitrogens is 1. The second-order valence-corrected chi connectivity index (χ2v) is 7.22. The molecule has 5 heteroatoms. The molecule has 3 atom stereocenters. The van der Waals surface area contributed by atoms with Crippen LogP contribution in [0.4, 0.5) is 0 Å². The van der Waals surface area contributed by atoms with E-state index in [1.54, 1.807) is 6.92 Å². The lowest BCUT2D eigenvalue weighted by Crippen LogP contribution is -3.18. The number of Topliss-reactive ketones (excluding diaryl/α,β-unsaturated/α-hetero) is 1. The maximum atomic E-state index is 13.0. The third-order valence-corrected chi connectivity index (χ3v) is 5.11. The van der Waals surface area contributed by atoms with Gasteiger partial charge in [-0.2, -0.15) is 0 Å². The molecule has 0 bridgehead atoms. The second-order valence-electron chi connectivity index (χ2n) is 7.22. The van der Waals surface area contributed by atoms with Crippen molar-refractivity contribution in [3.8, 4) is 0 Å². The SMILES string of the molecule is COC(=O)c1c(C)[nH]c(C(=O)[C@@H](C)[NH+]2C[C@@H](C)C[C@H](C)C2)c1C. The molecule has 23 heavy (non-hydrogen) atoms. The van der Waals surface area contributed by atoms with Crippen LogP contribution in [0.25, 0.3) is 0 Å². The zero-order valence-electron chi connectivity index (χ0n) is 15.1. The molecule has 0 aliphatic carbocycles. The molecule has 1 aliphatic heterocycles. The molecule has 0 saturated carbocycles. The number of ketones is 1. The van der Waals surface area contributed by atoms with Crippen LogP contribution in [0.5, 0.6) is 0 Å². The first-order valence-corrected chi connectivity index (χ1v) is 8.42. The zero-order chi connectivity index (χ0) is 17.3. The average molecular weight is 321 g/mol. The van der Waals surface area contributed by atoms with Crippen molar-refractivity contribution >= 4 is 11.8 Å². The maximum Gasteiger partial charge on any atom is 0.339 e. The average Bonchev–Trinajstić information content (AvgIpc) is 2.79. The molecule has 1 aromatic rings. The van der Waals surface area contributed by atoms with Crippen molar-refractivity contribution in [2.45, 2.75) is 47.1 Å². The van der Waals surface area contributed by atoms with Gasteiger partial charge < -0.3 is 14.6 Å². The zero-order valence-corrected chi connectivity index (χ0v) is 15.1. The number of esters is 1. The molecule has 0 spiro atoms. The van der Waals surface area contributed by atoms with Crippen LogP contribution in [0, 0.1) is 25.7 Å². The predicted octanol–water partition coefficient (Wildman–Crippen LogP) is 1.55. The van der Waals surface area contributed by atoms with Crippen molar-refractivity contribution in [2.75, 3.05) is 20.2 Å². The quantitative estimate of drug-likeness (QED) is 0.653. The number of likely N-dealkylation sites (tertiary alicyclic amines) is 1. The van der Waals surface area contributed by atoms with Gasteiger partial charge in [-0.1, -0.05) is 13.8 Å². The fraction of sp³-hybridized carbons (Fsp3) is 0.667.